The summed E-state index contributed by atoms with van der Waals surface area (Å²) in [6.07, 6.45) is -3.13. The third-order valence-electron chi connectivity index (χ3n) is 3.10. The van der Waals surface area contributed by atoms with Crippen molar-refractivity contribution in [1.82, 2.24) is 15.2 Å². The summed E-state index contributed by atoms with van der Waals surface area (Å²) in [7, 11) is 0. The Hall–Kier alpha value is -2.77. The molecule has 3 rings (SSSR count). The van der Waals surface area contributed by atoms with Crippen molar-refractivity contribution in [2.45, 2.75) is 6.18 Å². The van der Waals surface area contributed by atoms with Crippen LogP contribution in [0.1, 0.15) is 16.1 Å². The van der Waals surface area contributed by atoms with Crippen molar-refractivity contribution in [3.63, 3.8) is 0 Å². The first-order valence-electron chi connectivity index (χ1n) is 5.84. The van der Waals surface area contributed by atoms with E-state index in [0.29, 0.717) is 5.52 Å². The van der Waals surface area contributed by atoms with Gasteiger partial charge in [0.05, 0.1) is 11.3 Å². The van der Waals surface area contributed by atoms with Crippen molar-refractivity contribution >= 4 is 16.9 Å². The lowest BCUT2D eigenvalue weighted by Gasteiger charge is -2.08. The van der Waals surface area contributed by atoms with Gasteiger partial charge in [-0.1, -0.05) is 6.07 Å². The molecule has 0 saturated heterocycles. The maximum absolute atomic E-state index is 13.1. The lowest BCUT2D eigenvalue weighted by molar-refractivity contribution is -0.136. The molecule has 1 aromatic carbocycles. The van der Waals surface area contributed by atoms with Gasteiger partial charge in [0, 0.05) is 22.7 Å². The number of hydrogen-bond acceptors (Lipinski definition) is 2. The molecule has 21 heavy (non-hydrogen) atoms. The Bertz CT molecular complexity index is 833. The average molecular weight is 295 g/mol. The Kier molecular flexibility index (Phi) is 2.75. The molecular weight excluding hydrogens is 287 g/mol. The van der Waals surface area contributed by atoms with Crippen LogP contribution in [0.15, 0.2) is 30.5 Å². The van der Waals surface area contributed by atoms with Crippen LogP contribution in [0.25, 0.3) is 22.2 Å². The van der Waals surface area contributed by atoms with Crippen LogP contribution in [0.3, 0.4) is 0 Å². The van der Waals surface area contributed by atoms with Gasteiger partial charge >= 0.3 is 12.1 Å². The summed E-state index contributed by atoms with van der Waals surface area (Å²) in [6, 6.07) is 4.99. The summed E-state index contributed by atoms with van der Waals surface area (Å²) >= 11 is 0. The van der Waals surface area contributed by atoms with E-state index in [0.717, 1.165) is 6.07 Å². The van der Waals surface area contributed by atoms with Crippen LogP contribution in [0.5, 0.6) is 0 Å². The molecule has 0 aliphatic heterocycles. The van der Waals surface area contributed by atoms with Gasteiger partial charge in [0.1, 0.15) is 5.69 Å². The molecule has 0 unspecified atom stereocenters. The highest BCUT2D eigenvalue weighted by molar-refractivity contribution is 5.98. The lowest BCUT2D eigenvalue weighted by atomic mass is 10.0. The van der Waals surface area contributed by atoms with E-state index in [1.807, 2.05) is 0 Å². The van der Waals surface area contributed by atoms with Crippen molar-refractivity contribution < 1.29 is 23.1 Å². The van der Waals surface area contributed by atoms with E-state index in [-0.39, 0.29) is 22.3 Å². The van der Waals surface area contributed by atoms with Gasteiger partial charge in [-0.15, -0.1) is 0 Å². The van der Waals surface area contributed by atoms with Crippen molar-refractivity contribution in [2.24, 2.45) is 0 Å². The minimum atomic E-state index is -4.51. The minimum absolute atomic E-state index is 0.0339. The number of hydrogen-bond donors (Lipinski definition) is 3. The summed E-state index contributed by atoms with van der Waals surface area (Å²) in [6.45, 7) is 0. The first-order valence-corrected chi connectivity index (χ1v) is 5.84. The van der Waals surface area contributed by atoms with Gasteiger partial charge in [0.15, 0.2) is 0 Å². The topological polar surface area (TPSA) is 81.8 Å². The van der Waals surface area contributed by atoms with Crippen molar-refractivity contribution in [2.75, 3.05) is 0 Å². The predicted molar refractivity (Wildman–Crippen MR) is 67.8 cm³/mol. The Balaban J connectivity index is 2.25. The fraction of sp³-hybridized carbons (Fsp3) is 0.0769. The van der Waals surface area contributed by atoms with Crippen LogP contribution in [0.4, 0.5) is 13.2 Å². The molecule has 2 heterocycles. The van der Waals surface area contributed by atoms with Gasteiger partial charge in [0.2, 0.25) is 0 Å². The number of aromatic nitrogens is 3. The van der Waals surface area contributed by atoms with Crippen molar-refractivity contribution in [1.29, 1.82) is 0 Å². The zero-order chi connectivity index (χ0) is 15.2. The highest BCUT2D eigenvalue weighted by Crippen LogP contribution is 2.39. The summed E-state index contributed by atoms with van der Waals surface area (Å²) in [4.78, 5) is 13.6. The number of halogens is 3. The minimum Gasteiger partial charge on any atom is -0.477 e. The average Bonchev–Trinajstić information content (AvgIpc) is 3.03. The van der Waals surface area contributed by atoms with E-state index < -0.39 is 17.7 Å². The molecule has 0 amide bonds. The van der Waals surface area contributed by atoms with Crippen LogP contribution in [0.2, 0.25) is 0 Å². The fourth-order valence-electron chi connectivity index (χ4n) is 2.19. The molecule has 0 saturated carbocycles. The summed E-state index contributed by atoms with van der Waals surface area (Å²) in [5.74, 6) is -1.23. The number of rotatable bonds is 2. The SMILES string of the molecule is O=C(O)c1cc(-c2c[nH]c3cccc(C(F)(F)F)c23)n[nH]1. The van der Waals surface area contributed by atoms with Crippen LogP contribution >= 0.6 is 0 Å². The van der Waals surface area contributed by atoms with E-state index in [9.17, 15) is 18.0 Å². The monoisotopic (exact) mass is 295 g/mol. The van der Waals surface area contributed by atoms with E-state index in [1.165, 1.54) is 24.4 Å². The van der Waals surface area contributed by atoms with E-state index >= 15 is 0 Å². The van der Waals surface area contributed by atoms with Gasteiger partial charge < -0.3 is 10.1 Å². The summed E-state index contributed by atoms with van der Waals surface area (Å²) in [5.41, 5.74) is -0.350. The van der Waals surface area contributed by atoms with Crippen LogP contribution in [0, 0.1) is 0 Å². The lowest BCUT2D eigenvalue weighted by Crippen LogP contribution is -2.05. The number of nitrogens with zero attached hydrogens (tertiary/aromatic N) is 1. The molecule has 5 nitrogen and oxygen atoms in total. The van der Waals surface area contributed by atoms with Gasteiger partial charge in [-0.05, 0) is 18.2 Å². The summed E-state index contributed by atoms with van der Waals surface area (Å²) in [5, 5.41) is 14.8. The Labute approximate surface area is 115 Å². The molecule has 0 bridgehead atoms. The molecule has 3 aromatic rings. The number of aromatic carboxylic acids is 1. The number of H-pyrrole nitrogens is 2. The van der Waals surface area contributed by atoms with E-state index in [2.05, 4.69) is 15.2 Å². The smallest absolute Gasteiger partial charge is 0.417 e. The molecule has 0 fully saturated rings. The highest BCUT2D eigenvalue weighted by atomic mass is 19.4. The first kappa shape index (κ1) is 13.2. The number of benzene rings is 1. The maximum Gasteiger partial charge on any atom is 0.417 e. The number of carboxylic acid groups (broad SMARTS) is 1. The van der Waals surface area contributed by atoms with Gasteiger partial charge in [0.25, 0.3) is 0 Å². The first-order chi connectivity index (χ1) is 9.88. The summed E-state index contributed by atoms with van der Waals surface area (Å²) < 4.78 is 39.3. The standard InChI is InChI=1S/C13H8F3N3O2/c14-13(15,16)7-2-1-3-8-11(7)6(5-17-8)9-4-10(12(20)21)19-18-9/h1-5,17H,(H,18,19)(H,20,21). The largest absolute Gasteiger partial charge is 0.477 e. The molecule has 0 radical (unpaired) electrons. The molecule has 8 heteroatoms. The third kappa shape index (κ3) is 2.14. The number of nitrogens with one attached hydrogen (secondary N) is 2. The van der Waals surface area contributed by atoms with Gasteiger partial charge in [-0.2, -0.15) is 18.3 Å². The maximum atomic E-state index is 13.1. The molecule has 0 aliphatic carbocycles. The Morgan fingerprint density at radius 3 is 2.67 bits per heavy atom. The van der Waals surface area contributed by atoms with E-state index in [4.69, 9.17) is 5.11 Å². The highest BCUT2D eigenvalue weighted by Gasteiger charge is 2.34. The van der Waals surface area contributed by atoms with Crippen LogP contribution < -0.4 is 0 Å². The Morgan fingerprint density at radius 1 is 1.29 bits per heavy atom. The number of carboxylic acids is 1. The number of fused-ring (bicyclic) bond motifs is 1. The van der Waals surface area contributed by atoms with Crippen molar-refractivity contribution in [3.8, 4) is 11.3 Å². The number of carbonyl (C=O) groups is 1. The molecule has 3 N–H and O–H groups in total. The molecule has 2 aromatic heterocycles. The molecular formula is C13H8F3N3O2. The number of aromatic amines is 2. The Morgan fingerprint density at radius 2 is 2.05 bits per heavy atom. The molecule has 108 valence electrons. The zero-order valence-corrected chi connectivity index (χ0v) is 10.3. The van der Waals surface area contributed by atoms with Gasteiger partial charge in [-0.25, -0.2) is 4.79 Å². The second-order valence-electron chi connectivity index (χ2n) is 4.40. The molecule has 0 atom stereocenters. The quantitative estimate of drug-likeness (QED) is 0.678. The fourth-order valence-corrected chi connectivity index (χ4v) is 2.19. The van der Waals surface area contributed by atoms with Crippen molar-refractivity contribution in [3.05, 3.63) is 41.7 Å². The van der Waals surface area contributed by atoms with E-state index in [1.54, 1.807) is 0 Å². The third-order valence-corrected chi connectivity index (χ3v) is 3.10. The predicted octanol–water partition coefficient (Wildman–Crippen LogP) is 3.28. The zero-order valence-electron chi connectivity index (χ0n) is 10.3. The number of alkyl halides is 3. The van der Waals surface area contributed by atoms with Crippen LogP contribution in [-0.2, 0) is 6.18 Å². The normalized spacial score (nSPS) is 12.0. The molecule has 0 spiro atoms. The molecule has 0 aliphatic rings. The second kappa shape index (κ2) is 4.37. The van der Waals surface area contributed by atoms with Crippen LogP contribution in [-0.4, -0.2) is 26.3 Å². The second-order valence-corrected chi connectivity index (χ2v) is 4.40. The van der Waals surface area contributed by atoms with Gasteiger partial charge in [-0.3, -0.25) is 5.10 Å².